The molecular weight excluding hydrogens is 240 g/mol. The van der Waals surface area contributed by atoms with Gasteiger partial charge >= 0.3 is 0 Å². The van der Waals surface area contributed by atoms with Crippen molar-refractivity contribution >= 4 is 0 Å². The molecule has 0 fully saturated rings. The van der Waals surface area contributed by atoms with E-state index in [9.17, 15) is 0 Å². The van der Waals surface area contributed by atoms with E-state index in [1.165, 1.54) is 19.1 Å². The molecule has 0 bridgehead atoms. The monoisotopic (exact) mass is 250 g/mol. The number of allylic oxidation sites excluding steroid dienone is 2. The van der Waals surface area contributed by atoms with Gasteiger partial charge in [0.2, 0.25) is 0 Å². The third kappa shape index (κ3) is 3.83. The lowest BCUT2D eigenvalue weighted by molar-refractivity contribution is 0.176. The highest BCUT2D eigenvalue weighted by Crippen LogP contribution is 2.22. The van der Waals surface area contributed by atoms with Crippen molar-refractivity contribution in [3.63, 3.8) is 0 Å². The standard InChI is InChI=1S/C14H10N4O/c1-14(9-17,10-18)4-12-2-11(7-19-8-12)3-13(5-15)6-16/h2-4H,7-8H2,1H3/b12-4-. The lowest BCUT2D eigenvalue weighted by Gasteiger charge is -2.16. The van der Waals surface area contributed by atoms with Crippen LogP contribution in [0.4, 0.5) is 0 Å². The first kappa shape index (κ1) is 14.2. The number of nitriles is 4. The molecule has 19 heavy (non-hydrogen) atoms. The molecule has 0 aliphatic carbocycles. The second-order valence-electron chi connectivity index (χ2n) is 4.14. The van der Waals surface area contributed by atoms with E-state index in [1.54, 1.807) is 18.2 Å². The SMILES string of the molecule is CC(C#N)(C#N)/C=C1/C=C(C=C(C#N)C#N)COC1. The maximum Gasteiger partial charge on any atom is 0.159 e. The fraction of sp³-hybridized carbons (Fsp3) is 0.286. The fourth-order valence-corrected chi connectivity index (χ4v) is 1.51. The average Bonchev–Trinajstić information content (AvgIpc) is 2.45. The molecule has 92 valence electrons. The van der Waals surface area contributed by atoms with Gasteiger partial charge in [0.1, 0.15) is 17.7 Å². The molecule has 0 atom stereocenters. The largest absolute Gasteiger partial charge is 0.372 e. The molecule has 5 heteroatoms. The van der Waals surface area contributed by atoms with E-state index in [0.29, 0.717) is 24.4 Å². The lowest BCUT2D eigenvalue weighted by Crippen LogP contribution is -2.13. The summed E-state index contributed by atoms with van der Waals surface area (Å²) in [5, 5.41) is 35.2. The van der Waals surface area contributed by atoms with Crippen molar-refractivity contribution in [2.24, 2.45) is 5.41 Å². The van der Waals surface area contributed by atoms with Crippen LogP contribution in [0.1, 0.15) is 6.92 Å². The molecule has 0 N–H and O–H groups in total. The Morgan fingerprint density at radius 1 is 1.21 bits per heavy atom. The second kappa shape index (κ2) is 6.18. The molecule has 0 unspecified atom stereocenters. The predicted molar refractivity (Wildman–Crippen MR) is 65.6 cm³/mol. The smallest absolute Gasteiger partial charge is 0.159 e. The first-order valence-corrected chi connectivity index (χ1v) is 5.41. The molecule has 0 saturated carbocycles. The third-order valence-corrected chi connectivity index (χ3v) is 2.42. The molecule has 0 aromatic heterocycles. The topological polar surface area (TPSA) is 104 Å². The molecule has 0 radical (unpaired) electrons. The highest BCUT2D eigenvalue weighted by atomic mass is 16.5. The van der Waals surface area contributed by atoms with Crippen molar-refractivity contribution in [1.82, 2.24) is 0 Å². The van der Waals surface area contributed by atoms with E-state index < -0.39 is 5.41 Å². The second-order valence-corrected chi connectivity index (χ2v) is 4.14. The summed E-state index contributed by atoms with van der Waals surface area (Å²) in [5.41, 5.74) is 0.112. The third-order valence-electron chi connectivity index (χ3n) is 2.42. The van der Waals surface area contributed by atoms with E-state index in [1.807, 2.05) is 12.1 Å². The maximum atomic E-state index is 8.93. The zero-order valence-corrected chi connectivity index (χ0v) is 10.3. The van der Waals surface area contributed by atoms with Crippen LogP contribution in [0, 0.1) is 50.7 Å². The van der Waals surface area contributed by atoms with Gasteiger partial charge in [0, 0.05) is 0 Å². The Balaban J connectivity index is 3.11. The number of hydrogen-bond donors (Lipinski definition) is 0. The van der Waals surface area contributed by atoms with Gasteiger partial charge in [-0.05, 0) is 30.2 Å². The minimum absolute atomic E-state index is 0.0144. The molecule has 5 nitrogen and oxygen atoms in total. The van der Waals surface area contributed by atoms with Crippen molar-refractivity contribution in [2.75, 3.05) is 13.2 Å². The van der Waals surface area contributed by atoms with Crippen LogP contribution >= 0.6 is 0 Å². The Kier molecular flexibility index (Phi) is 4.62. The lowest BCUT2D eigenvalue weighted by atomic mass is 9.91. The summed E-state index contributed by atoms with van der Waals surface area (Å²) in [5.74, 6) is 0. The molecular formula is C14H10N4O. The van der Waals surface area contributed by atoms with Crippen LogP contribution in [0.3, 0.4) is 0 Å². The summed E-state index contributed by atoms with van der Waals surface area (Å²) in [4.78, 5) is 0. The van der Waals surface area contributed by atoms with Crippen molar-refractivity contribution in [2.45, 2.75) is 6.92 Å². The van der Waals surface area contributed by atoms with Gasteiger partial charge in [-0.3, -0.25) is 0 Å². The maximum absolute atomic E-state index is 8.93. The molecule has 1 aliphatic rings. The van der Waals surface area contributed by atoms with E-state index in [-0.39, 0.29) is 5.57 Å². The summed E-state index contributed by atoms with van der Waals surface area (Å²) in [6.45, 7) is 2.10. The summed E-state index contributed by atoms with van der Waals surface area (Å²) in [6.07, 6.45) is 4.69. The number of nitrogens with zero attached hydrogens (tertiary/aromatic N) is 4. The van der Waals surface area contributed by atoms with E-state index in [2.05, 4.69) is 0 Å². The predicted octanol–water partition coefficient (Wildman–Crippen LogP) is 1.90. The molecule has 0 spiro atoms. The van der Waals surface area contributed by atoms with Gasteiger partial charge in [0.25, 0.3) is 0 Å². The van der Waals surface area contributed by atoms with Crippen LogP contribution in [0.25, 0.3) is 0 Å². The van der Waals surface area contributed by atoms with Crippen molar-refractivity contribution < 1.29 is 4.74 Å². The van der Waals surface area contributed by atoms with Crippen LogP contribution in [-0.2, 0) is 4.74 Å². The van der Waals surface area contributed by atoms with Gasteiger partial charge in [0.05, 0.1) is 25.4 Å². The molecule has 0 saturated heterocycles. The van der Waals surface area contributed by atoms with Crippen LogP contribution in [-0.4, -0.2) is 13.2 Å². The Morgan fingerprint density at radius 3 is 2.37 bits per heavy atom. The van der Waals surface area contributed by atoms with Crippen LogP contribution < -0.4 is 0 Å². The summed E-state index contributed by atoms with van der Waals surface area (Å²) < 4.78 is 5.30. The quantitative estimate of drug-likeness (QED) is 0.696. The minimum Gasteiger partial charge on any atom is -0.372 e. The average molecular weight is 250 g/mol. The summed E-state index contributed by atoms with van der Waals surface area (Å²) in [7, 11) is 0. The van der Waals surface area contributed by atoms with Gasteiger partial charge in [0.15, 0.2) is 5.41 Å². The number of hydrogen-bond acceptors (Lipinski definition) is 5. The molecule has 1 aliphatic heterocycles. The first-order valence-electron chi connectivity index (χ1n) is 5.41. The Morgan fingerprint density at radius 2 is 1.84 bits per heavy atom. The molecule has 1 rings (SSSR count). The summed E-state index contributed by atoms with van der Waals surface area (Å²) >= 11 is 0. The Labute approximate surface area is 111 Å². The number of rotatable bonds is 2. The van der Waals surface area contributed by atoms with Crippen LogP contribution in [0.15, 0.2) is 34.9 Å². The van der Waals surface area contributed by atoms with E-state index in [0.717, 1.165) is 0 Å². The molecule has 1 heterocycles. The van der Waals surface area contributed by atoms with Gasteiger partial charge in [-0.2, -0.15) is 21.0 Å². The van der Waals surface area contributed by atoms with E-state index >= 15 is 0 Å². The zero-order valence-electron chi connectivity index (χ0n) is 10.3. The van der Waals surface area contributed by atoms with E-state index in [4.69, 9.17) is 25.8 Å². The van der Waals surface area contributed by atoms with Gasteiger partial charge in [-0.25, -0.2) is 0 Å². The van der Waals surface area contributed by atoms with Gasteiger partial charge in [-0.15, -0.1) is 0 Å². The number of ether oxygens (including phenoxy) is 1. The normalized spacial score (nSPS) is 16.3. The Hall–Kier alpha value is -2.86. The fourth-order valence-electron chi connectivity index (χ4n) is 1.51. The molecule has 0 aromatic carbocycles. The highest BCUT2D eigenvalue weighted by molar-refractivity contribution is 5.45. The van der Waals surface area contributed by atoms with Gasteiger partial charge in [-0.1, -0.05) is 6.08 Å². The summed E-state index contributed by atoms with van der Waals surface area (Å²) in [6, 6.07) is 7.35. The molecule has 0 amide bonds. The van der Waals surface area contributed by atoms with Gasteiger partial charge < -0.3 is 4.74 Å². The molecule has 0 aromatic rings. The van der Waals surface area contributed by atoms with Crippen LogP contribution in [0.5, 0.6) is 0 Å². The zero-order chi connectivity index (χ0) is 14.3. The minimum atomic E-state index is -1.21. The van der Waals surface area contributed by atoms with Crippen LogP contribution in [0.2, 0.25) is 0 Å². The Bertz CT molecular complexity index is 596. The van der Waals surface area contributed by atoms with Crippen molar-refractivity contribution in [3.05, 3.63) is 34.9 Å². The van der Waals surface area contributed by atoms with Crippen molar-refractivity contribution in [3.8, 4) is 24.3 Å². The first-order chi connectivity index (χ1) is 9.06. The highest BCUT2D eigenvalue weighted by Gasteiger charge is 2.21. The van der Waals surface area contributed by atoms with Crippen molar-refractivity contribution in [1.29, 1.82) is 21.0 Å².